The molecule has 0 radical (unpaired) electrons. The average molecular weight is 167 g/mol. The Morgan fingerprint density at radius 2 is 2.33 bits per heavy atom. The molecular formula is C7H9N3O2. The third-order valence-corrected chi connectivity index (χ3v) is 1.34. The number of nitrogens with two attached hydrogens (primary N) is 1. The fourth-order valence-electron chi connectivity index (χ4n) is 0.781. The lowest BCUT2D eigenvalue weighted by molar-refractivity contribution is 0.202. The predicted octanol–water partition coefficient (Wildman–Crippen LogP) is 0.748. The molecule has 1 aromatic rings. The lowest BCUT2D eigenvalue weighted by atomic mass is 10.3. The molecule has 1 amide bonds. The minimum atomic E-state index is -1.21. The van der Waals surface area contributed by atoms with Gasteiger partial charge in [0, 0.05) is 6.20 Å². The molecule has 0 aromatic carbocycles. The number of aryl methyl sites for hydroxylation is 1. The number of carbonyl (C=O) groups is 1. The zero-order chi connectivity index (χ0) is 9.14. The van der Waals surface area contributed by atoms with E-state index in [9.17, 15) is 4.79 Å². The number of hydrogen-bond acceptors (Lipinski definition) is 3. The van der Waals surface area contributed by atoms with Crippen molar-refractivity contribution < 1.29 is 9.90 Å². The summed E-state index contributed by atoms with van der Waals surface area (Å²) < 4.78 is 0. The quantitative estimate of drug-likeness (QED) is 0.367. The lowest BCUT2D eigenvalue weighted by Crippen LogP contribution is -2.36. The van der Waals surface area contributed by atoms with Gasteiger partial charge in [-0.3, -0.25) is 4.98 Å². The topological polar surface area (TPSA) is 79.5 Å². The second kappa shape index (κ2) is 3.19. The molecular weight excluding hydrogens is 158 g/mol. The van der Waals surface area contributed by atoms with Crippen LogP contribution in [0.2, 0.25) is 0 Å². The molecule has 12 heavy (non-hydrogen) atoms. The minimum absolute atomic E-state index is 0.363. The molecule has 1 heterocycles. The molecule has 0 bridgehead atoms. The van der Waals surface area contributed by atoms with E-state index in [2.05, 4.69) is 4.98 Å². The average Bonchev–Trinajstić information content (AvgIpc) is 2.03. The molecule has 64 valence electrons. The number of hydrazine groups is 1. The SMILES string of the molecule is Cc1cncc(N(N)C(=O)O)c1. The van der Waals surface area contributed by atoms with Crippen molar-refractivity contribution >= 4 is 11.8 Å². The van der Waals surface area contributed by atoms with Gasteiger partial charge >= 0.3 is 6.09 Å². The Kier molecular flexibility index (Phi) is 2.25. The summed E-state index contributed by atoms with van der Waals surface area (Å²) in [5, 5.41) is 9.12. The zero-order valence-corrected chi connectivity index (χ0v) is 6.56. The molecule has 0 saturated carbocycles. The number of amides is 1. The Hall–Kier alpha value is -1.62. The normalized spacial score (nSPS) is 9.50. The van der Waals surface area contributed by atoms with E-state index >= 15 is 0 Å². The van der Waals surface area contributed by atoms with Crippen LogP contribution in [0.5, 0.6) is 0 Å². The van der Waals surface area contributed by atoms with Crippen LogP contribution in [0.3, 0.4) is 0 Å². The third-order valence-electron chi connectivity index (χ3n) is 1.34. The van der Waals surface area contributed by atoms with Crippen LogP contribution in [0.4, 0.5) is 10.5 Å². The highest BCUT2D eigenvalue weighted by atomic mass is 16.4. The predicted molar refractivity (Wildman–Crippen MR) is 43.7 cm³/mol. The highest BCUT2D eigenvalue weighted by molar-refractivity contribution is 5.84. The van der Waals surface area contributed by atoms with Crippen LogP contribution in [0.1, 0.15) is 5.56 Å². The summed E-state index contributed by atoms with van der Waals surface area (Å²) in [6.45, 7) is 1.81. The van der Waals surface area contributed by atoms with Gasteiger partial charge in [-0.15, -0.1) is 0 Å². The van der Waals surface area contributed by atoms with Crippen LogP contribution < -0.4 is 10.9 Å². The van der Waals surface area contributed by atoms with Crippen LogP contribution in [-0.2, 0) is 0 Å². The van der Waals surface area contributed by atoms with Gasteiger partial charge in [0.25, 0.3) is 0 Å². The number of pyridine rings is 1. The van der Waals surface area contributed by atoms with Crippen molar-refractivity contribution in [1.29, 1.82) is 0 Å². The fraction of sp³-hybridized carbons (Fsp3) is 0.143. The van der Waals surface area contributed by atoms with Crippen molar-refractivity contribution in [3.63, 3.8) is 0 Å². The van der Waals surface area contributed by atoms with Gasteiger partial charge in [-0.2, -0.15) is 0 Å². The van der Waals surface area contributed by atoms with Gasteiger partial charge in [0.2, 0.25) is 0 Å². The van der Waals surface area contributed by atoms with Gasteiger partial charge < -0.3 is 5.11 Å². The summed E-state index contributed by atoms with van der Waals surface area (Å²) in [5.74, 6) is 5.20. The van der Waals surface area contributed by atoms with Crippen molar-refractivity contribution in [3.8, 4) is 0 Å². The second-order valence-corrected chi connectivity index (χ2v) is 2.37. The van der Waals surface area contributed by atoms with E-state index in [0.717, 1.165) is 5.56 Å². The van der Waals surface area contributed by atoms with Crippen LogP contribution in [0.25, 0.3) is 0 Å². The lowest BCUT2D eigenvalue weighted by Gasteiger charge is -2.11. The first-order chi connectivity index (χ1) is 5.61. The molecule has 1 rings (SSSR count). The van der Waals surface area contributed by atoms with Gasteiger partial charge in [-0.1, -0.05) is 0 Å². The monoisotopic (exact) mass is 167 g/mol. The van der Waals surface area contributed by atoms with Gasteiger partial charge in [0.05, 0.1) is 11.9 Å². The Morgan fingerprint density at radius 1 is 1.67 bits per heavy atom. The van der Waals surface area contributed by atoms with E-state index in [1.54, 1.807) is 12.3 Å². The molecule has 0 aliphatic carbocycles. The number of aromatic nitrogens is 1. The van der Waals surface area contributed by atoms with E-state index in [1.165, 1.54) is 6.20 Å². The third kappa shape index (κ3) is 1.70. The number of hydrogen-bond donors (Lipinski definition) is 2. The molecule has 5 heteroatoms. The van der Waals surface area contributed by atoms with Gasteiger partial charge in [0.1, 0.15) is 0 Å². The summed E-state index contributed by atoms with van der Waals surface area (Å²) >= 11 is 0. The Labute approximate surface area is 69.4 Å². The van der Waals surface area contributed by atoms with Crippen molar-refractivity contribution in [3.05, 3.63) is 24.0 Å². The molecule has 1 aromatic heterocycles. The summed E-state index contributed by atoms with van der Waals surface area (Å²) in [6.07, 6.45) is 1.81. The molecule has 0 aliphatic heterocycles. The Bertz CT molecular complexity index is 300. The first-order valence-electron chi connectivity index (χ1n) is 3.30. The second-order valence-electron chi connectivity index (χ2n) is 2.37. The summed E-state index contributed by atoms with van der Waals surface area (Å²) in [5.41, 5.74) is 1.23. The molecule has 0 fully saturated rings. The molecule has 0 spiro atoms. The maximum absolute atomic E-state index is 10.4. The van der Waals surface area contributed by atoms with E-state index in [-0.39, 0.29) is 0 Å². The number of anilines is 1. The maximum atomic E-state index is 10.4. The highest BCUT2D eigenvalue weighted by Gasteiger charge is 2.08. The summed E-state index contributed by atoms with van der Waals surface area (Å²) in [7, 11) is 0. The number of rotatable bonds is 1. The zero-order valence-electron chi connectivity index (χ0n) is 6.56. The highest BCUT2D eigenvalue weighted by Crippen LogP contribution is 2.10. The van der Waals surface area contributed by atoms with Crippen LogP contribution in [0.15, 0.2) is 18.5 Å². The number of nitrogens with zero attached hydrogens (tertiary/aromatic N) is 2. The van der Waals surface area contributed by atoms with Crippen molar-refractivity contribution in [2.45, 2.75) is 6.92 Å². The molecule has 0 aliphatic rings. The molecule has 3 N–H and O–H groups in total. The van der Waals surface area contributed by atoms with Crippen molar-refractivity contribution in [2.24, 2.45) is 5.84 Å². The summed E-state index contributed by atoms with van der Waals surface area (Å²) in [4.78, 5) is 14.2. The standard InChI is InChI=1S/C7H9N3O2/c1-5-2-6(4-9-3-5)10(8)7(11)12/h2-4H,8H2,1H3,(H,11,12). The van der Waals surface area contributed by atoms with Crippen molar-refractivity contribution in [1.82, 2.24) is 4.98 Å². The fourth-order valence-corrected chi connectivity index (χ4v) is 0.781. The van der Waals surface area contributed by atoms with E-state index in [1.807, 2.05) is 6.92 Å². The van der Waals surface area contributed by atoms with E-state index in [4.69, 9.17) is 10.9 Å². The van der Waals surface area contributed by atoms with Crippen molar-refractivity contribution in [2.75, 3.05) is 5.01 Å². The molecule has 0 unspecified atom stereocenters. The Morgan fingerprint density at radius 3 is 2.83 bits per heavy atom. The van der Waals surface area contributed by atoms with Crippen LogP contribution in [-0.4, -0.2) is 16.2 Å². The molecule has 5 nitrogen and oxygen atoms in total. The van der Waals surface area contributed by atoms with Crippen LogP contribution >= 0.6 is 0 Å². The maximum Gasteiger partial charge on any atom is 0.426 e. The first-order valence-corrected chi connectivity index (χ1v) is 3.30. The smallest absolute Gasteiger partial charge is 0.426 e. The van der Waals surface area contributed by atoms with E-state index < -0.39 is 6.09 Å². The van der Waals surface area contributed by atoms with Crippen LogP contribution in [0, 0.1) is 6.92 Å². The minimum Gasteiger partial charge on any atom is -0.464 e. The van der Waals surface area contributed by atoms with E-state index in [0.29, 0.717) is 10.7 Å². The molecule has 0 atom stereocenters. The number of carboxylic acid groups (broad SMARTS) is 1. The van der Waals surface area contributed by atoms with Gasteiger partial charge in [-0.05, 0) is 18.6 Å². The Balaban J connectivity index is 2.95. The molecule has 0 saturated heterocycles. The van der Waals surface area contributed by atoms with Gasteiger partial charge in [-0.25, -0.2) is 15.6 Å². The largest absolute Gasteiger partial charge is 0.464 e. The first kappa shape index (κ1) is 8.48. The summed E-state index contributed by atoms with van der Waals surface area (Å²) in [6, 6.07) is 1.64. The van der Waals surface area contributed by atoms with Gasteiger partial charge in [0.15, 0.2) is 0 Å².